The number of rotatable bonds is 3. The molecule has 13 heavy (non-hydrogen) atoms. The normalized spacial score (nSPS) is 9.38. The zero-order valence-electron chi connectivity index (χ0n) is 7.92. The summed E-state index contributed by atoms with van der Waals surface area (Å²) in [5.41, 5.74) is 2.15. The fraction of sp³-hybridized carbons (Fsp3) is 0.300. The minimum absolute atomic E-state index is 0.00842. The number of benzene rings is 1. The van der Waals surface area contributed by atoms with Crippen LogP contribution in [-0.4, -0.2) is 13.0 Å². The number of para-hydroxylation sites is 1. The van der Waals surface area contributed by atoms with E-state index < -0.39 is 0 Å². The molecule has 0 aliphatic carbocycles. The highest BCUT2D eigenvalue weighted by Crippen LogP contribution is 2.13. The van der Waals surface area contributed by atoms with Crippen LogP contribution < -0.4 is 10.6 Å². The molecule has 0 heterocycles. The second-order valence-corrected chi connectivity index (χ2v) is 2.82. The van der Waals surface area contributed by atoms with Gasteiger partial charge in [-0.1, -0.05) is 18.2 Å². The fourth-order valence-corrected chi connectivity index (χ4v) is 1.14. The largest absolute Gasteiger partial charge is 0.388 e. The van der Waals surface area contributed by atoms with Crippen molar-refractivity contribution < 1.29 is 4.79 Å². The fourth-order valence-electron chi connectivity index (χ4n) is 1.14. The molecule has 0 unspecified atom stereocenters. The van der Waals surface area contributed by atoms with Crippen molar-refractivity contribution in [2.24, 2.45) is 0 Å². The molecule has 0 saturated heterocycles. The summed E-state index contributed by atoms with van der Waals surface area (Å²) in [4.78, 5) is 10.7. The van der Waals surface area contributed by atoms with Crippen LogP contribution in [0.5, 0.6) is 0 Å². The number of hydrogen-bond donors (Lipinski definition) is 2. The highest BCUT2D eigenvalue weighted by atomic mass is 16.1. The SMILES string of the molecule is CNc1ccccc1CNC(C)=O. The zero-order valence-corrected chi connectivity index (χ0v) is 7.92. The third-order valence-electron chi connectivity index (χ3n) is 1.81. The van der Waals surface area contributed by atoms with E-state index in [1.165, 1.54) is 6.92 Å². The van der Waals surface area contributed by atoms with Crippen molar-refractivity contribution in [1.29, 1.82) is 0 Å². The van der Waals surface area contributed by atoms with Crippen molar-refractivity contribution in [1.82, 2.24) is 5.32 Å². The number of carbonyl (C=O) groups excluding carboxylic acids is 1. The maximum Gasteiger partial charge on any atom is 0.217 e. The summed E-state index contributed by atoms with van der Waals surface area (Å²) < 4.78 is 0. The Morgan fingerprint density at radius 2 is 2.08 bits per heavy atom. The molecule has 1 aromatic rings. The van der Waals surface area contributed by atoms with Gasteiger partial charge in [-0.25, -0.2) is 0 Å². The lowest BCUT2D eigenvalue weighted by atomic mass is 10.2. The molecule has 0 radical (unpaired) electrons. The number of hydrogen-bond acceptors (Lipinski definition) is 2. The molecule has 3 heteroatoms. The van der Waals surface area contributed by atoms with E-state index in [1.807, 2.05) is 31.3 Å². The van der Waals surface area contributed by atoms with Gasteiger partial charge in [0, 0.05) is 26.2 Å². The summed E-state index contributed by atoms with van der Waals surface area (Å²) >= 11 is 0. The lowest BCUT2D eigenvalue weighted by Crippen LogP contribution is -2.19. The molecular weight excluding hydrogens is 164 g/mol. The number of carbonyl (C=O) groups is 1. The van der Waals surface area contributed by atoms with E-state index in [1.54, 1.807) is 0 Å². The Hall–Kier alpha value is -1.51. The van der Waals surface area contributed by atoms with Gasteiger partial charge in [-0.2, -0.15) is 0 Å². The molecule has 0 bridgehead atoms. The average Bonchev–Trinajstić information content (AvgIpc) is 2.15. The van der Waals surface area contributed by atoms with Crippen molar-refractivity contribution in [2.75, 3.05) is 12.4 Å². The summed E-state index contributed by atoms with van der Waals surface area (Å²) in [5.74, 6) is -0.00842. The molecular formula is C10H14N2O. The van der Waals surface area contributed by atoms with Crippen LogP contribution in [0.15, 0.2) is 24.3 Å². The number of anilines is 1. The zero-order chi connectivity index (χ0) is 9.68. The molecule has 0 saturated carbocycles. The third kappa shape index (κ3) is 2.78. The van der Waals surface area contributed by atoms with Crippen LogP contribution >= 0.6 is 0 Å². The van der Waals surface area contributed by atoms with E-state index in [-0.39, 0.29) is 5.91 Å². The van der Waals surface area contributed by atoms with Crippen molar-refractivity contribution in [3.05, 3.63) is 29.8 Å². The van der Waals surface area contributed by atoms with E-state index in [2.05, 4.69) is 10.6 Å². The molecule has 1 aromatic carbocycles. The molecule has 0 aliphatic heterocycles. The Kier molecular flexibility index (Phi) is 3.31. The van der Waals surface area contributed by atoms with Crippen LogP contribution in [0, 0.1) is 0 Å². The lowest BCUT2D eigenvalue weighted by Gasteiger charge is -2.08. The predicted molar refractivity (Wildman–Crippen MR) is 53.5 cm³/mol. The topological polar surface area (TPSA) is 41.1 Å². The van der Waals surface area contributed by atoms with Crippen LogP contribution in [0.4, 0.5) is 5.69 Å². The predicted octanol–water partition coefficient (Wildman–Crippen LogP) is 1.36. The first-order valence-electron chi connectivity index (χ1n) is 4.24. The smallest absolute Gasteiger partial charge is 0.217 e. The standard InChI is InChI=1S/C10H14N2O/c1-8(13)12-7-9-5-3-4-6-10(9)11-2/h3-6,11H,7H2,1-2H3,(H,12,13). The molecule has 0 aromatic heterocycles. The first-order chi connectivity index (χ1) is 6.24. The third-order valence-corrected chi connectivity index (χ3v) is 1.81. The molecule has 2 N–H and O–H groups in total. The minimum Gasteiger partial charge on any atom is -0.388 e. The molecule has 70 valence electrons. The highest BCUT2D eigenvalue weighted by molar-refractivity contribution is 5.73. The van der Waals surface area contributed by atoms with Gasteiger partial charge in [0.2, 0.25) is 5.91 Å². The van der Waals surface area contributed by atoms with E-state index in [0.717, 1.165) is 11.3 Å². The van der Waals surface area contributed by atoms with Crippen LogP contribution in [-0.2, 0) is 11.3 Å². The van der Waals surface area contributed by atoms with Gasteiger partial charge >= 0.3 is 0 Å². The van der Waals surface area contributed by atoms with Crippen LogP contribution in [0.25, 0.3) is 0 Å². The maximum absolute atomic E-state index is 10.7. The van der Waals surface area contributed by atoms with E-state index >= 15 is 0 Å². The second-order valence-electron chi connectivity index (χ2n) is 2.82. The first-order valence-corrected chi connectivity index (χ1v) is 4.24. The molecule has 0 atom stereocenters. The summed E-state index contributed by atoms with van der Waals surface area (Å²) in [6.07, 6.45) is 0. The highest BCUT2D eigenvalue weighted by Gasteiger charge is 1.99. The molecule has 3 nitrogen and oxygen atoms in total. The van der Waals surface area contributed by atoms with Gasteiger partial charge in [-0.3, -0.25) is 4.79 Å². The van der Waals surface area contributed by atoms with Crippen molar-refractivity contribution >= 4 is 11.6 Å². The summed E-state index contributed by atoms with van der Waals surface area (Å²) in [5, 5.41) is 5.83. The van der Waals surface area contributed by atoms with Gasteiger partial charge < -0.3 is 10.6 Å². The van der Waals surface area contributed by atoms with Crippen LogP contribution in [0.3, 0.4) is 0 Å². The molecule has 0 aliphatic rings. The Bertz CT molecular complexity index is 297. The monoisotopic (exact) mass is 178 g/mol. The quantitative estimate of drug-likeness (QED) is 0.733. The minimum atomic E-state index is -0.00842. The number of nitrogens with one attached hydrogen (secondary N) is 2. The van der Waals surface area contributed by atoms with E-state index in [9.17, 15) is 4.79 Å². The second kappa shape index (κ2) is 4.50. The van der Waals surface area contributed by atoms with Gasteiger partial charge in [0.05, 0.1) is 0 Å². The Morgan fingerprint density at radius 3 is 2.69 bits per heavy atom. The van der Waals surface area contributed by atoms with Gasteiger partial charge in [-0.15, -0.1) is 0 Å². The molecule has 0 spiro atoms. The maximum atomic E-state index is 10.7. The Labute approximate surface area is 78.2 Å². The summed E-state index contributed by atoms with van der Waals surface area (Å²) in [6, 6.07) is 7.89. The van der Waals surface area contributed by atoms with Gasteiger partial charge in [0.15, 0.2) is 0 Å². The molecule has 1 amide bonds. The van der Waals surface area contributed by atoms with Gasteiger partial charge in [0.1, 0.15) is 0 Å². The lowest BCUT2D eigenvalue weighted by molar-refractivity contribution is -0.119. The average molecular weight is 178 g/mol. The van der Waals surface area contributed by atoms with Gasteiger partial charge in [-0.05, 0) is 11.6 Å². The molecule has 0 fully saturated rings. The van der Waals surface area contributed by atoms with Crippen LogP contribution in [0.2, 0.25) is 0 Å². The van der Waals surface area contributed by atoms with E-state index in [4.69, 9.17) is 0 Å². The first kappa shape index (κ1) is 9.58. The molecule has 1 rings (SSSR count). The van der Waals surface area contributed by atoms with Crippen molar-refractivity contribution in [3.8, 4) is 0 Å². The van der Waals surface area contributed by atoms with E-state index in [0.29, 0.717) is 6.54 Å². The Balaban J connectivity index is 2.69. The van der Waals surface area contributed by atoms with Crippen molar-refractivity contribution in [3.63, 3.8) is 0 Å². The summed E-state index contributed by atoms with van der Waals surface area (Å²) in [6.45, 7) is 2.09. The van der Waals surface area contributed by atoms with Gasteiger partial charge in [0.25, 0.3) is 0 Å². The van der Waals surface area contributed by atoms with Crippen molar-refractivity contribution in [2.45, 2.75) is 13.5 Å². The van der Waals surface area contributed by atoms with Crippen LogP contribution in [0.1, 0.15) is 12.5 Å². The summed E-state index contributed by atoms with van der Waals surface area (Å²) in [7, 11) is 1.87. The number of amides is 1. The Morgan fingerprint density at radius 1 is 1.38 bits per heavy atom.